The Morgan fingerprint density at radius 2 is 0.929 bits per heavy atom. The third kappa shape index (κ3) is 17.6. The number of aliphatic hydroxyl groups excluding tert-OH is 4. The fraction of sp³-hybridized carbons (Fsp3) is 0.824. The molecule has 1 rings (SSSR count). The molecule has 0 aliphatic carbocycles. The number of carboxylic acid groups (broad SMARTS) is 3. The molecule has 0 bridgehead atoms. The molecule has 1 aliphatic heterocycles. The molecule has 168 valence electrons. The number of rotatable bonds is 3. The number of aliphatic carboxylic acids is 3. The van der Waals surface area contributed by atoms with Crippen LogP contribution in [0.5, 0.6) is 0 Å². The SMILES string of the molecule is CC(C)C(=O)O.CC(C)C(=O)O.CC(C)C(=O)O.O[C@@H]1[C@@H](O)[C@H](O)OC[C@H]1O. The number of carboxylic acids is 3. The first kappa shape index (κ1) is 30.9. The van der Waals surface area contributed by atoms with Crippen molar-refractivity contribution in [3.63, 3.8) is 0 Å². The number of hydrogen-bond acceptors (Lipinski definition) is 8. The molecule has 1 saturated heterocycles. The van der Waals surface area contributed by atoms with E-state index in [1.54, 1.807) is 41.5 Å². The van der Waals surface area contributed by atoms with Crippen molar-refractivity contribution in [2.75, 3.05) is 6.61 Å². The van der Waals surface area contributed by atoms with Crippen molar-refractivity contribution in [3.05, 3.63) is 0 Å². The van der Waals surface area contributed by atoms with E-state index < -0.39 is 42.5 Å². The summed E-state index contributed by atoms with van der Waals surface area (Å²) in [6, 6.07) is 0. The lowest BCUT2D eigenvalue weighted by Gasteiger charge is -2.31. The zero-order valence-electron chi connectivity index (χ0n) is 17.0. The quantitative estimate of drug-likeness (QED) is 0.316. The number of aliphatic hydroxyl groups is 4. The minimum absolute atomic E-state index is 0.153. The summed E-state index contributed by atoms with van der Waals surface area (Å²) in [6.45, 7) is 9.69. The van der Waals surface area contributed by atoms with E-state index in [0.29, 0.717) is 0 Å². The number of hydrogen-bond donors (Lipinski definition) is 7. The highest BCUT2D eigenvalue weighted by Crippen LogP contribution is 2.12. The first-order chi connectivity index (χ1) is 12.6. The van der Waals surface area contributed by atoms with E-state index >= 15 is 0 Å². The zero-order valence-corrected chi connectivity index (χ0v) is 17.0. The van der Waals surface area contributed by atoms with Gasteiger partial charge < -0.3 is 40.5 Å². The monoisotopic (exact) mass is 414 g/mol. The van der Waals surface area contributed by atoms with Gasteiger partial charge >= 0.3 is 17.9 Å². The Balaban J connectivity index is -0.000000309. The van der Waals surface area contributed by atoms with Crippen LogP contribution < -0.4 is 0 Å². The van der Waals surface area contributed by atoms with Crippen LogP contribution in [0, 0.1) is 17.8 Å². The highest BCUT2D eigenvalue weighted by atomic mass is 16.6. The van der Waals surface area contributed by atoms with Crippen LogP contribution in [0.3, 0.4) is 0 Å². The van der Waals surface area contributed by atoms with Gasteiger partial charge in [-0.1, -0.05) is 41.5 Å². The largest absolute Gasteiger partial charge is 0.481 e. The molecule has 0 aromatic carbocycles. The van der Waals surface area contributed by atoms with Gasteiger partial charge in [-0.2, -0.15) is 0 Å². The molecular formula is C17H34O11. The van der Waals surface area contributed by atoms with Gasteiger partial charge in [0.25, 0.3) is 0 Å². The van der Waals surface area contributed by atoms with E-state index in [9.17, 15) is 14.4 Å². The summed E-state index contributed by atoms with van der Waals surface area (Å²) in [6.07, 6.45) is -5.23. The smallest absolute Gasteiger partial charge is 0.305 e. The van der Waals surface area contributed by atoms with Crippen LogP contribution in [0.2, 0.25) is 0 Å². The minimum Gasteiger partial charge on any atom is -0.481 e. The normalized spacial score (nSPS) is 23.5. The molecule has 11 nitrogen and oxygen atoms in total. The maximum Gasteiger partial charge on any atom is 0.305 e. The van der Waals surface area contributed by atoms with Crippen LogP contribution in [-0.4, -0.2) is 84.9 Å². The molecule has 0 unspecified atom stereocenters. The predicted octanol–water partition coefficient (Wildman–Crippen LogP) is -0.401. The van der Waals surface area contributed by atoms with Crippen LogP contribution in [0.4, 0.5) is 0 Å². The van der Waals surface area contributed by atoms with Crippen LogP contribution in [0.25, 0.3) is 0 Å². The summed E-state index contributed by atoms with van der Waals surface area (Å²) < 4.78 is 4.47. The molecule has 1 aliphatic rings. The van der Waals surface area contributed by atoms with Gasteiger partial charge in [0.05, 0.1) is 24.4 Å². The van der Waals surface area contributed by atoms with E-state index in [4.69, 9.17) is 35.7 Å². The minimum atomic E-state index is -1.41. The van der Waals surface area contributed by atoms with Crippen LogP contribution >= 0.6 is 0 Å². The Bertz CT molecular complexity index is 392. The lowest BCUT2D eigenvalue weighted by atomic mass is 10.1. The van der Waals surface area contributed by atoms with Gasteiger partial charge in [0.2, 0.25) is 0 Å². The Morgan fingerprint density at radius 1 is 0.679 bits per heavy atom. The third-order valence-electron chi connectivity index (χ3n) is 2.96. The highest BCUT2D eigenvalue weighted by molar-refractivity contribution is 5.69. The molecule has 0 spiro atoms. The van der Waals surface area contributed by atoms with Gasteiger partial charge in [0.1, 0.15) is 18.3 Å². The lowest BCUT2D eigenvalue weighted by Crippen LogP contribution is -2.52. The first-order valence-electron chi connectivity index (χ1n) is 8.58. The van der Waals surface area contributed by atoms with Crippen LogP contribution in [0.1, 0.15) is 41.5 Å². The summed E-state index contributed by atoms with van der Waals surface area (Å²) in [5, 5.41) is 59.2. The summed E-state index contributed by atoms with van der Waals surface area (Å²) in [7, 11) is 0. The van der Waals surface area contributed by atoms with Gasteiger partial charge in [-0.25, -0.2) is 0 Å². The fourth-order valence-electron chi connectivity index (χ4n) is 0.791. The molecule has 11 heteroatoms. The molecule has 0 aromatic rings. The first-order valence-corrected chi connectivity index (χ1v) is 8.58. The summed E-state index contributed by atoms with van der Waals surface area (Å²) >= 11 is 0. The molecule has 0 amide bonds. The highest BCUT2D eigenvalue weighted by Gasteiger charge is 2.36. The molecule has 1 heterocycles. The topological polar surface area (TPSA) is 202 Å². The molecule has 0 saturated carbocycles. The van der Waals surface area contributed by atoms with Crippen LogP contribution in [-0.2, 0) is 19.1 Å². The Hall–Kier alpha value is -1.79. The standard InChI is InChI=1S/C5H10O5.3C4H8O2/c6-2-1-10-5(9)4(8)3(2)7;3*1-3(2)4(5)6/h2-9H,1H2;3*3H,1-2H3,(H,5,6)/t2-,3+,4-,5-;;;/m1.../s1. The second kappa shape index (κ2) is 16.2. The van der Waals surface area contributed by atoms with Gasteiger partial charge in [0.15, 0.2) is 6.29 Å². The Kier molecular flexibility index (Phi) is 17.9. The van der Waals surface area contributed by atoms with Gasteiger partial charge in [-0.3, -0.25) is 14.4 Å². The maximum absolute atomic E-state index is 9.70. The van der Waals surface area contributed by atoms with Gasteiger partial charge in [-0.15, -0.1) is 0 Å². The second-order valence-corrected chi connectivity index (χ2v) is 6.75. The second-order valence-electron chi connectivity index (χ2n) is 6.75. The molecule has 0 radical (unpaired) electrons. The van der Waals surface area contributed by atoms with Crippen molar-refractivity contribution in [2.24, 2.45) is 17.8 Å². The molecule has 1 fully saturated rings. The summed E-state index contributed by atoms with van der Waals surface area (Å²) in [4.78, 5) is 29.1. The molecular weight excluding hydrogens is 380 g/mol. The predicted molar refractivity (Wildman–Crippen MR) is 97.4 cm³/mol. The number of ether oxygens (including phenoxy) is 1. The van der Waals surface area contributed by atoms with Crippen molar-refractivity contribution in [1.29, 1.82) is 0 Å². The van der Waals surface area contributed by atoms with Crippen LogP contribution in [0.15, 0.2) is 0 Å². The van der Waals surface area contributed by atoms with E-state index in [2.05, 4.69) is 4.74 Å². The summed E-state index contributed by atoms with van der Waals surface area (Å²) in [5.41, 5.74) is 0. The van der Waals surface area contributed by atoms with Crippen molar-refractivity contribution in [3.8, 4) is 0 Å². The average Bonchev–Trinajstić information content (AvgIpc) is 2.57. The van der Waals surface area contributed by atoms with E-state index in [1.807, 2.05) is 0 Å². The lowest BCUT2D eigenvalue weighted by molar-refractivity contribution is -0.252. The summed E-state index contributed by atoms with van der Waals surface area (Å²) in [5.74, 6) is -2.92. The molecule has 0 aromatic heterocycles. The molecule has 28 heavy (non-hydrogen) atoms. The number of carbonyl (C=O) groups is 3. The van der Waals surface area contributed by atoms with E-state index in [-0.39, 0.29) is 24.4 Å². The Morgan fingerprint density at radius 3 is 1.11 bits per heavy atom. The van der Waals surface area contributed by atoms with E-state index in [1.165, 1.54) is 0 Å². The van der Waals surface area contributed by atoms with Crippen molar-refractivity contribution in [1.82, 2.24) is 0 Å². The van der Waals surface area contributed by atoms with Crippen molar-refractivity contribution < 1.29 is 54.9 Å². The van der Waals surface area contributed by atoms with Gasteiger partial charge in [0, 0.05) is 0 Å². The van der Waals surface area contributed by atoms with Gasteiger partial charge in [-0.05, 0) is 0 Å². The van der Waals surface area contributed by atoms with Crippen molar-refractivity contribution >= 4 is 17.9 Å². The van der Waals surface area contributed by atoms with E-state index in [0.717, 1.165) is 0 Å². The molecule has 7 N–H and O–H groups in total. The fourth-order valence-corrected chi connectivity index (χ4v) is 0.791. The zero-order chi connectivity index (χ0) is 23.2. The van der Waals surface area contributed by atoms with Crippen molar-refractivity contribution in [2.45, 2.75) is 66.1 Å². The average molecular weight is 414 g/mol. The third-order valence-corrected chi connectivity index (χ3v) is 2.96. The molecule has 4 atom stereocenters. The Labute approximate surface area is 164 Å². The maximum atomic E-state index is 9.70.